The number of nitrogens with one attached hydrogen (secondary N) is 2. The maximum Gasteiger partial charge on any atom is 0.191 e. The van der Waals surface area contributed by atoms with Crippen LogP contribution in [0.3, 0.4) is 0 Å². The van der Waals surface area contributed by atoms with Crippen molar-refractivity contribution in [1.29, 1.82) is 0 Å². The maximum atomic E-state index is 4.49. The third kappa shape index (κ3) is 6.91. The Morgan fingerprint density at radius 2 is 2.11 bits per heavy atom. The Balaban J connectivity index is 0.00000324. The van der Waals surface area contributed by atoms with Gasteiger partial charge >= 0.3 is 0 Å². The van der Waals surface area contributed by atoms with Crippen LogP contribution < -0.4 is 10.6 Å². The lowest BCUT2D eigenvalue weighted by Gasteiger charge is -2.09. The van der Waals surface area contributed by atoms with Gasteiger partial charge in [-0.2, -0.15) is 0 Å². The van der Waals surface area contributed by atoms with Gasteiger partial charge in [-0.05, 0) is 27.2 Å². The molecule has 108 valence electrons. The Morgan fingerprint density at radius 3 is 2.63 bits per heavy atom. The molecular weight excluding hydrogens is 371 g/mol. The second-order valence-corrected chi connectivity index (χ2v) is 5.25. The fourth-order valence-electron chi connectivity index (χ4n) is 1.44. The number of allylic oxidation sites excluding steroid dienone is 1. The molecule has 0 bridgehead atoms. The van der Waals surface area contributed by atoms with E-state index in [1.54, 1.807) is 18.4 Å². The minimum Gasteiger partial charge on any atom is -0.356 e. The second-order valence-electron chi connectivity index (χ2n) is 3.96. The molecule has 2 N–H and O–H groups in total. The summed E-state index contributed by atoms with van der Waals surface area (Å²) in [4.78, 5) is 9.95. The van der Waals surface area contributed by atoms with Crippen LogP contribution in [0.25, 0.3) is 0 Å². The maximum absolute atomic E-state index is 4.49. The molecule has 0 spiro atoms. The van der Waals surface area contributed by atoms with E-state index in [-0.39, 0.29) is 24.0 Å². The first-order valence-corrected chi connectivity index (χ1v) is 6.97. The molecule has 0 aliphatic heterocycles. The van der Waals surface area contributed by atoms with Crippen LogP contribution in [0.4, 0.5) is 0 Å². The average molecular weight is 394 g/mol. The van der Waals surface area contributed by atoms with Crippen LogP contribution in [0.15, 0.2) is 17.1 Å². The van der Waals surface area contributed by atoms with Crippen molar-refractivity contribution in [2.75, 3.05) is 13.6 Å². The Labute approximate surface area is 136 Å². The van der Waals surface area contributed by atoms with Crippen molar-refractivity contribution in [3.05, 3.63) is 27.7 Å². The van der Waals surface area contributed by atoms with Crippen LogP contribution in [-0.2, 0) is 6.54 Å². The van der Waals surface area contributed by atoms with Crippen molar-refractivity contribution < 1.29 is 0 Å². The number of aliphatic imine (C=N–C) groups is 1. The summed E-state index contributed by atoms with van der Waals surface area (Å²) in [5.41, 5.74) is 1.12. The second kappa shape index (κ2) is 10.2. The van der Waals surface area contributed by atoms with Crippen LogP contribution in [0.2, 0.25) is 0 Å². The number of halogens is 1. The van der Waals surface area contributed by atoms with E-state index in [2.05, 4.69) is 39.7 Å². The van der Waals surface area contributed by atoms with Gasteiger partial charge in [-0.3, -0.25) is 4.99 Å². The molecule has 1 rings (SSSR count). The lowest BCUT2D eigenvalue weighted by atomic mass is 10.4. The van der Waals surface area contributed by atoms with E-state index >= 15 is 0 Å². The molecule has 0 amide bonds. The van der Waals surface area contributed by atoms with E-state index in [0.29, 0.717) is 0 Å². The summed E-state index contributed by atoms with van der Waals surface area (Å²) in [5.74, 6) is 0.824. The molecule has 1 aromatic heterocycles. The third-order valence-electron chi connectivity index (χ3n) is 2.54. The fraction of sp³-hybridized carbons (Fsp3) is 0.538. The summed E-state index contributed by atoms with van der Waals surface area (Å²) in [7, 11) is 1.78. The number of hydrogen-bond donors (Lipinski definition) is 2. The molecular formula is C13H23IN4S. The van der Waals surface area contributed by atoms with E-state index in [4.69, 9.17) is 0 Å². The van der Waals surface area contributed by atoms with Gasteiger partial charge < -0.3 is 10.6 Å². The highest BCUT2D eigenvalue weighted by Crippen LogP contribution is 2.15. The van der Waals surface area contributed by atoms with Crippen molar-refractivity contribution in [3.8, 4) is 0 Å². The van der Waals surface area contributed by atoms with Crippen LogP contribution in [0.5, 0.6) is 0 Å². The fourth-order valence-corrected chi connectivity index (χ4v) is 2.31. The van der Waals surface area contributed by atoms with Gasteiger partial charge in [0.2, 0.25) is 0 Å². The van der Waals surface area contributed by atoms with Crippen molar-refractivity contribution in [3.63, 3.8) is 0 Å². The number of aryl methyl sites for hydroxylation is 2. The average Bonchev–Trinajstić information content (AvgIpc) is 2.68. The lowest BCUT2D eigenvalue weighted by molar-refractivity contribution is 0.799. The summed E-state index contributed by atoms with van der Waals surface area (Å²) in [6.45, 7) is 7.78. The summed E-state index contributed by atoms with van der Waals surface area (Å²) < 4.78 is 0. The molecule has 19 heavy (non-hydrogen) atoms. The van der Waals surface area contributed by atoms with E-state index in [0.717, 1.165) is 36.2 Å². The van der Waals surface area contributed by atoms with E-state index in [9.17, 15) is 0 Å². The first kappa shape index (κ1) is 18.4. The quantitative estimate of drug-likeness (QED) is 0.265. The van der Waals surface area contributed by atoms with Gasteiger partial charge in [0, 0.05) is 18.5 Å². The number of rotatable bonds is 5. The molecule has 1 heterocycles. The molecule has 0 aromatic carbocycles. The highest BCUT2D eigenvalue weighted by molar-refractivity contribution is 14.0. The van der Waals surface area contributed by atoms with Gasteiger partial charge in [-0.25, -0.2) is 4.98 Å². The Bertz CT molecular complexity index is 407. The molecule has 0 aliphatic rings. The Hall–Kier alpha value is -0.630. The van der Waals surface area contributed by atoms with E-state index < -0.39 is 0 Å². The zero-order valence-corrected chi connectivity index (χ0v) is 15.1. The van der Waals surface area contributed by atoms with Crippen LogP contribution in [0, 0.1) is 13.8 Å². The van der Waals surface area contributed by atoms with Crippen molar-refractivity contribution >= 4 is 41.3 Å². The Kier molecular flexibility index (Phi) is 9.85. The topological polar surface area (TPSA) is 49.3 Å². The minimum atomic E-state index is 0. The molecule has 0 radical (unpaired) electrons. The number of thiazole rings is 1. The van der Waals surface area contributed by atoms with E-state index in [1.165, 1.54) is 4.88 Å². The Morgan fingerprint density at radius 1 is 1.37 bits per heavy atom. The first-order valence-electron chi connectivity index (χ1n) is 6.16. The van der Waals surface area contributed by atoms with Gasteiger partial charge in [0.15, 0.2) is 5.96 Å². The number of guanidine groups is 1. The van der Waals surface area contributed by atoms with Gasteiger partial charge in [0.25, 0.3) is 0 Å². The van der Waals surface area contributed by atoms with Gasteiger partial charge in [0.05, 0.1) is 12.2 Å². The number of hydrogen-bond acceptors (Lipinski definition) is 3. The number of aromatic nitrogens is 1. The highest BCUT2D eigenvalue weighted by Gasteiger charge is 2.04. The summed E-state index contributed by atoms with van der Waals surface area (Å²) >= 11 is 1.73. The third-order valence-corrected chi connectivity index (χ3v) is 3.62. The number of nitrogens with zero attached hydrogens (tertiary/aromatic N) is 2. The molecule has 0 fully saturated rings. The molecule has 6 heteroatoms. The summed E-state index contributed by atoms with van der Waals surface area (Å²) in [6.07, 6.45) is 5.19. The van der Waals surface area contributed by atoms with Crippen LogP contribution in [0.1, 0.15) is 28.9 Å². The molecule has 0 atom stereocenters. The molecule has 1 aromatic rings. The van der Waals surface area contributed by atoms with Gasteiger partial charge in [-0.15, -0.1) is 35.3 Å². The lowest BCUT2D eigenvalue weighted by Crippen LogP contribution is -2.37. The van der Waals surface area contributed by atoms with Gasteiger partial charge in [-0.1, -0.05) is 12.2 Å². The molecule has 0 saturated heterocycles. The predicted molar refractivity (Wildman–Crippen MR) is 94.6 cm³/mol. The van der Waals surface area contributed by atoms with E-state index in [1.807, 2.05) is 13.8 Å². The van der Waals surface area contributed by atoms with Gasteiger partial charge in [0.1, 0.15) is 5.01 Å². The predicted octanol–water partition coefficient (Wildman–Crippen LogP) is 3.01. The molecule has 0 unspecified atom stereocenters. The standard InChI is InChI=1S/C13H22N4S.HI/c1-5-6-7-8-15-13(14-4)16-9-12-17-10(2)11(3)18-12;/h5-6H,7-9H2,1-4H3,(H2,14,15,16);1H/b6-5+;. The molecule has 0 aliphatic carbocycles. The molecule has 4 nitrogen and oxygen atoms in total. The van der Waals surface area contributed by atoms with Crippen molar-refractivity contribution in [2.24, 2.45) is 4.99 Å². The van der Waals surface area contributed by atoms with Crippen molar-refractivity contribution in [1.82, 2.24) is 15.6 Å². The first-order chi connectivity index (χ1) is 8.67. The van der Waals surface area contributed by atoms with Crippen molar-refractivity contribution in [2.45, 2.75) is 33.7 Å². The van der Waals surface area contributed by atoms with Crippen LogP contribution in [-0.4, -0.2) is 24.5 Å². The summed E-state index contributed by atoms with van der Waals surface area (Å²) in [6, 6.07) is 0. The normalized spacial score (nSPS) is 11.5. The largest absolute Gasteiger partial charge is 0.356 e. The zero-order chi connectivity index (χ0) is 13.4. The monoisotopic (exact) mass is 394 g/mol. The molecule has 0 saturated carbocycles. The smallest absolute Gasteiger partial charge is 0.191 e. The summed E-state index contributed by atoms with van der Waals surface area (Å²) in [5, 5.41) is 7.62. The minimum absolute atomic E-state index is 0. The SMILES string of the molecule is C/C=C/CCNC(=NC)NCc1nc(C)c(C)s1.I. The van der Waals surface area contributed by atoms with Crippen LogP contribution >= 0.6 is 35.3 Å². The zero-order valence-electron chi connectivity index (χ0n) is 12.0. The highest BCUT2D eigenvalue weighted by atomic mass is 127.